The van der Waals surface area contributed by atoms with Crippen LogP contribution in [0.1, 0.15) is 18.1 Å². The van der Waals surface area contributed by atoms with Gasteiger partial charge >= 0.3 is 6.03 Å². The molecule has 1 unspecified atom stereocenters. The summed E-state index contributed by atoms with van der Waals surface area (Å²) in [7, 11) is 1.31. The number of amides is 4. The molecule has 1 heterocycles. The van der Waals surface area contributed by atoms with Gasteiger partial charge in [-0.25, -0.2) is 4.79 Å². The molecule has 10 heteroatoms. The fraction of sp³-hybridized carbons (Fsp3) is 0.250. The third-order valence-corrected chi connectivity index (χ3v) is 4.93. The largest absolute Gasteiger partial charge is 0.494 e. The fourth-order valence-corrected chi connectivity index (χ4v) is 3.39. The molecule has 1 fully saturated rings. The standard InChI is InChI=1S/C20H20N4O6/c1-12-6-4-5-7-14(12)20(2)18(26)23(19(27)22-20)11-17(25)21-15-9-8-13(24(28)29)10-16(15)30-3/h4-10H,11H2,1-3H3,(H,21,25)(H,22,27). The molecule has 0 aromatic heterocycles. The Morgan fingerprint density at radius 3 is 2.60 bits per heavy atom. The maximum absolute atomic E-state index is 13.0. The summed E-state index contributed by atoms with van der Waals surface area (Å²) in [5.74, 6) is -1.12. The lowest BCUT2D eigenvalue weighted by atomic mass is 9.88. The van der Waals surface area contributed by atoms with Crippen molar-refractivity contribution in [3.05, 3.63) is 63.7 Å². The van der Waals surface area contributed by atoms with E-state index in [4.69, 9.17) is 4.74 Å². The number of imide groups is 1. The van der Waals surface area contributed by atoms with Crippen LogP contribution >= 0.6 is 0 Å². The van der Waals surface area contributed by atoms with Crippen LogP contribution in [0.15, 0.2) is 42.5 Å². The first-order valence-corrected chi connectivity index (χ1v) is 9.00. The Labute approximate surface area is 172 Å². The first kappa shape index (κ1) is 20.8. The van der Waals surface area contributed by atoms with Gasteiger partial charge in [0, 0.05) is 6.07 Å². The van der Waals surface area contributed by atoms with E-state index in [-0.39, 0.29) is 17.1 Å². The van der Waals surface area contributed by atoms with Crippen molar-refractivity contribution in [3.63, 3.8) is 0 Å². The second-order valence-corrected chi connectivity index (χ2v) is 6.95. The number of nitro groups is 1. The SMILES string of the molecule is COc1cc([N+](=O)[O-])ccc1NC(=O)CN1C(=O)NC(C)(c2ccccc2C)C1=O. The van der Waals surface area contributed by atoms with Gasteiger partial charge < -0.3 is 15.4 Å². The van der Waals surface area contributed by atoms with Crippen LogP contribution in [-0.4, -0.2) is 41.3 Å². The van der Waals surface area contributed by atoms with E-state index >= 15 is 0 Å². The summed E-state index contributed by atoms with van der Waals surface area (Å²) in [4.78, 5) is 49.0. The van der Waals surface area contributed by atoms with Gasteiger partial charge in [-0.05, 0) is 31.0 Å². The van der Waals surface area contributed by atoms with Crippen molar-refractivity contribution in [1.29, 1.82) is 0 Å². The number of urea groups is 1. The number of non-ortho nitro benzene ring substituents is 1. The minimum atomic E-state index is -1.28. The molecule has 3 rings (SSSR count). The van der Waals surface area contributed by atoms with Crippen LogP contribution < -0.4 is 15.4 Å². The zero-order valence-corrected chi connectivity index (χ0v) is 16.6. The Balaban J connectivity index is 1.78. The summed E-state index contributed by atoms with van der Waals surface area (Å²) in [5, 5.41) is 16.1. The predicted octanol–water partition coefficient (Wildman–Crippen LogP) is 2.32. The number of anilines is 1. The molecule has 2 aromatic rings. The Hall–Kier alpha value is -3.95. The summed E-state index contributed by atoms with van der Waals surface area (Å²) < 4.78 is 5.07. The molecule has 0 bridgehead atoms. The van der Waals surface area contributed by atoms with E-state index in [9.17, 15) is 24.5 Å². The molecule has 0 spiro atoms. The molecule has 1 aliphatic rings. The zero-order chi connectivity index (χ0) is 22.1. The summed E-state index contributed by atoms with van der Waals surface area (Å²) in [6, 6.07) is 10.2. The van der Waals surface area contributed by atoms with Gasteiger partial charge in [0.25, 0.3) is 11.6 Å². The van der Waals surface area contributed by atoms with Crippen LogP contribution in [0.5, 0.6) is 5.75 Å². The molecule has 10 nitrogen and oxygen atoms in total. The molecule has 1 aliphatic heterocycles. The number of nitrogens with zero attached hydrogens (tertiary/aromatic N) is 2. The number of ether oxygens (including phenoxy) is 1. The topological polar surface area (TPSA) is 131 Å². The molecule has 1 atom stereocenters. The maximum Gasteiger partial charge on any atom is 0.325 e. The number of aryl methyl sites for hydroxylation is 1. The molecule has 0 aliphatic carbocycles. The second-order valence-electron chi connectivity index (χ2n) is 6.95. The zero-order valence-electron chi connectivity index (χ0n) is 16.6. The third-order valence-electron chi connectivity index (χ3n) is 4.93. The monoisotopic (exact) mass is 412 g/mol. The average molecular weight is 412 g/mol. The highest BCUT2D eigenvalue weighted by Gasteiger charge is 2.50. The van der Waals surface area contributed by atoms with Crippen molar-refractivity contribution < 1.29 is 24.0 Å². The van der Waals surface area contributed by atoms with E-state index in [1.807, 2.05) is 19.1 Å². The lowest BCUT2D eigenvalue weighted by Crippen LogP contribution is -2.42. The molecule has 0 radical (unpaired) electrons. The molecular formula is C20H20N4O6. The molecule has 2 aromatic carbocycles. The van der Waals surface area contributed by atoms with Crippen LogP contribution in [0.2, 0.25) is 0 Å². The average Bonchev–Trinajstić information content (AvgIpc) is 2.92. The number of methoxy groups -OCH3 is 1. The summed E-state index contributed by atoms with van der Waals surface area (Å²) >= 11 is 0. The van der Waals surface area contributed by atoms with Crippen LogP contribution in [0.4, 0.5) is 16.2 Å². The van der Waals surface area contributed by atoms with Gasteiger partial charge in [-0.1, -0.05) is 24.3 Å². The van der Waals surface area contributed by atoms with E-state index in [1.54, 1.807) is 19.1 Å². The number of hydrogen-bond donors (Lipinski definition) is 2. The maximum atomic E-state index is 13.0. The smallest absolute Gasteiger partial charge is 0.325 e. The van der Waals surface area contributed by atoms with E-state index in [0.717, 1.165) is 10.5 Å². The lowest BCUT2D eigenvalue weighted by molar-refractivity contribution is -0.384. The van der Waals surface area contributed by atoms with Gasteiger partial charge in [0.2, 0.25) is 5.91 Å². The number of carbonyl (C=O) groups excluding carboxylic acids is 3. The summed E-state index contributed by atoms with van der Waals surface area (Å²) in [6.07, 6.45) is 0. The van der Waals surface area contributed by atoms with Crippen LogP contribution in [-0.2, 0) is 15.1 Å². The predicted molar refractivity (Wildman–Crippen MR) is 107 cm³/mol. The normalized spacial score (nSPS) is 18.2. The first-order chi connectivity index (χ1) is 14.2. The highest BCUT2D eigenvalue weighted by molar-refractivity contribution is 6.10. The molecule has 30 heavy (non-hydrogen) atoms. The minimum absolute atomic E-state index is 0.0829. The Bertz CT molecular complexity index is 1050. The highest BCUT2D eigenvalue weighted by atomic mass is 16.6. The second kappa shape index (κ2) is 7.82. The minimum Gasteiger partial charge on any atom is -0.494 e. The molecule has 4 amide bonds. The number of benzene rings is 2. The molecule has 1 saturated heterocycles. The number of hydrogen-bond acceptors (Lipinski definition) is 6. The van der Waals surface area contributed by atoms with E-state index in [0.29, 0.717) is 5.56 Å². The van der Waals surface area contributed by atoms with Crippen molar-refractivity contribution >= 4 is 29.2 Å². The van der Waals surface area contributed by atoms with Gasteiger partial charge in [-0.2, -0.15) is 0 Å². The lowest BCUT2D eigenvalue weighted by Gasteiger charge is -2.24. The fourth-order valence-electron chi connectivity index (χ4n) is 3.39. The van der Waals surface area contributed by atoms with Gasteiger partial charge in [0.15, 0.2) is 0 Å². The molecule has 2 N–H and O–H groups in total. The van der Waals surface area contributed by atoms with Gasteiger partial charge in [-0.3, -0.25) is 24.6 Å². The Morgan fingerprint density at radius 1 is 1.27 bits per heavy atom. The van der Waals surface area contributed by atoms with E-state index in [2.05, 4.69) is 10.6 Å². The van der Waals surface area contributed by atoms with Crippen LogP contribution in [0.25, 0.3) is 0 Å². The molecule has 0 saturated carbocycles. The van der Waals surface area contributed by atoms with E-state index in [1.165, 1.54) is 25.3 Å². The Kier molecular flexibility index (Phi) is 5.41. The van der Waals surface area contributed by atoms with Crippen molar-refractivity contribution in [2.75, 3.05) is 19.0 Å². The van der Waals surface area contributed by atoms with Crippen molar-refractivity contribution in [1.82, 2.24) is 10.2 Å². The molecular weight excluding hydrogens is 392 g/mol. The summed E-state index contributed by atoms with van der Waals surface area (Å²) in [6.45, 7) is 2.90. The van der Waals surface area contributed by atoms with Gasteiger partial charge in [0.05, 0.1) is 23.8 Å². The number of nitrogens with one attached hydrogen (secondary N) is 2. The highest BCUT2D eigenvalue weighted by Crippen LogP contribution is 2.32. The summed E-state index contributed by atoms with van der Waals surface area (Å²) in [5.41, 5.74) is 0.168. The number of rotatable bonds is 6. The van der Waals surface area contributed by atoms with Gasteiger partial charge in [0.1, 0.15) is 17.8 Å². The van der Waals surface area contributed by atoms with Crippen molar-refractivity contribution in [2.24, 2.45) is 0 Å². The van der Waals surface area contributed by atoms with Crippen molar-refractivity contribution in [2.45, 2.75) is 19.4 Å². The third kappa shape index (κ3) is 3.66. The quantitative estimate of drug-likeness (QED) is 0.425. The van der Waals surface area contributed by atoms with Crippen molar-refractivity contribution in [3.8, 4) is 5.75 Å². The first-order valence-electron chi connectivity index (χ1n) is 9.00. The van der Waals surface area contributed by atoms with Gasteiger partial charge in [-0.15, -0.1) is 0 Å². The van der Waals surface area contributed by atoms with E-state index < -0.39 is 34.9 Å². The number of nitro benzene ring substituents is 1. The Morgan fingerprint density at radius 2 is 1.97 bits per heavy atom. The van der Waals surface area contributed by atoms with Crippen LogP contribution in [0.3, 0.4) is 0 Å². The molecule has 156 valence electrons. The number of carbonyl (C=O) groups is 3. The van der Waals surface area contributed by atoms with Crippen LogP contribution in [0, 0.1) is 17.0 Å².